The molecule has 2 aromatic carbocycles. The molecule has 0 saturated heterocycles. The van der Waals surface area contributed by atoms with Crippen LogP contribution < -0.4 is 10.3 Å². The van der Waals surface area contributed by atoms with E-state index in [2.05, 4.69) is 10.3 Å². The van der Waals surface area contributed by atoms with Crippen LogP contribution in [0.2, 0.25) is 0 Å². The van der Waals surface area contributed by atoms with Gasteiger partial charge in [-0.25, -0.2) is 0 Å². The normalized spacial score (nSPS) is 10.6. The van der Waals surface area contributed by atoms with Gasteiger partial charge >= 0.3 is 5.97 Å². The molecule has 0 amide bonds. The molecule has 8 heteroatoms. The molecule has 0 atom stereocenters. The Morgan fingerprint density at radius 2 is 1.81 bits per heavy atom. The first-order chi connectivity index (χ1) is 13.1. The number of fused-ring (bicyclic) bond motifs is 1. The number of nitrogens with zero attached hydrogens (tertiary/aromatic N) is 3. The number of Topliss-reactive ketones (excluding diaryl/α,β-unsaturated/α-hetero) is 1. The molecule has 0 aliphatic heterocycles. The van der Waals surface area contributed by atoms with Gasteiger partial charge in [0.2, 0.25) is 0 Å². The van der Waals surface area contributed by atoms with Crippen LogP contribution in [0.3, 0.4) is 0 Å². The Morgan fingerprint density at radius 3 is 2.56 bits per heavy atom. The standard InChI is InChI=1S/C19H17N3O5/c1-2-26-14-9-7-13(8-10-14)17(23)12-27-18(24)11-22-19(25)15-5-3-4-6-16(15)20-21-22/h3-10H,2,11-12H2,1H3. The van der Waals surface area contributed by atoms with Crippen LogP contribution in [0.1, 0.15) is 17.3 Å². The molecule has 1 heterocycles. The average molecular weight is 367 g/mol. The van der Waals surface area contributed by atoms with Crippen LogP contribution in [-0.2, 0) is 16.1 Å². The zero-order valence-corrected chi connectivity index (χ0v) is 14.6. The van der Waals surface area contributed by atoms with Crippen molar-refractivity contribution in [1.29, 1.82) is 0 Å². The zero-order chi connectivity index (χ0) is 19.2. The topological polar surface area (TPSA) is 100 Å². The third-order valence-electron chi connectivity index (χ3n) is 3.76. The van der Waals surface area contributed by atoms with E-state index in [1.807, 2.05) is 6.92 Å². The van der Waals surface area contributed by atoms with E-state index >= 15 is 0 Å². The summed E-state index contributed by atoms with van der Waals surface area (Å²) in [5.41, 5.74) is 0.391. The molecule has 0 aliphatic rings. The second-order valence-corrected chi connectivity index (χ2v) is 5.61. The highest BCUT2D eigenvalue weighted by atomic mass is 16.5. The van der Waals surface area contributed by atoms with Crippen molar-refractivity contribution >= 4 is 22.7 Å². The number of rotatable bonds is 7. The molecule has 138 valence electrons. The van der Waals surface area contributed by atoms with Crippen molar-refractivity contribution in [3.63, 3.8) is 0 Å². The Bertz CT molecular complexity index is 1030. The lowest BCUT2D eigenvalue weighted by Crippen LogP contribution is -2.29. The summed E-state index contributed by atoms with van der Waals surface area (Å²) in [4.78, 5) is 36.3. The lowest BCUT2D eigenvalue weighted by molar-refractivity contribution is -0.143. The minimum Gasteiger partial charge on any atom is -0.494 e. The molecule has 8 nitrogen and oxygen atoms in total. The first-order valence-electron chi connectivity index (χ1n) is 8.32. The highest BCUT2D eigenvalue weighted by Gasteiger charge is 2.13. The highest BCUT2D eigenvalue weighted by Crippen LogP contribution is 2.12. The van der Waals surface area contributed by atoms with Crippen molar-refractivity contribution in [2.45, 2.75) is 13.5 Å². The fourth-order valence-corrected chi connectivity index (χ4v) is 2.43. The highest BCUT2D eigenvalue weighted by molar-refractivity contribution is 5.98. The average Bonchev–Trinajstić information content (AvgIpc) is 2.69. The summed E-state index contributed by atoms with van der Waals surface area (Å²) in [5, 5.41) is 7.95. The Balaban J connectivity index is 1.60. The predicted octanol–water partition coefficient (Wildman–Crippen LogP) is 1.62. The molecule has 0 bridgehead atoms. The first-order valence-corrected chi connectivity index (χ1v) is 8.32. The molecule has 0 unspecified atom stereocenters. The van der Waals surface area contributed by atoms with Crippen LogP contribution in [0, 0.1) is 0 Å². The van der Waals surface area contributed by atoms with E-state index in [0.29, 0.717) is 28.8 Å². The summed E-state index contributed by atoms with van der Waals surface area (Å²) >= 11 is 0. The van der Waals surface area contributed by atoms with Crippen LogP contribution in [0.5, 0.6) is 5.75 Å². The van der Waals surface area contributed by atoms with Crippen LogP contribution in [0.25, 0.3) is 10.9 Å². The summed E-state index contributed by atoms with van der Waals surface area (Å²) in [6, 6.07) is 13.2. The predicted molar refractivity (Wildman–Crippen MR) is 96.7 cm³/mol. The molecular formula is C19H17N3O5. The molecule has 0 fully saturated rings. The molecule has 3 rings (SSSR count). The lowest BCUT2D eigenvalue weighted by atomic mass is 10.1. The monoisotopic (exact) mass is 367 g/mol. The largest absolute Gasteiger partial charge is 0.494 e. The maximum atomic E-state index is 12.3. The summed E-state index contributed by atoms with van der Waals surface area (Å²) < 4.78 is 11.2. The minimum atomic E-state index is -0.749. The first kappa shape index (κ1) is 18.2. The number of benzene rings is 2. The van der Waals surface area contributed by atoms with Crippen LogP contribution in [0.4, 0.5) is 0 Å². The van der Waals surface area contributed by atoms with E-state index in [4.69, 9.17) is 9.47 Å². The second kappa shape index (κ2) is 8.22. The number of hydrogen-bond donors (Lipinski definition) is 0. The van der Waals surface area contributed by atoms with Crippen molar-refractivity contribution in [2.24, 2.45) is 0 Å². The Kier molecular flexibility index (Phi) is 5.55. The van der Waals surface area contributed by atoms with Gasteiger partial charge in [-0.05, 0) is 43.3 Å². The van der Waals surface area contributed by atoms with Crippen molar-refractivity contribution in [1.82, 2.24) is 15.0 Å². The fraction of sp³-hybridized carbons (Fsp3) is 0.211. The number of aromatic nitrogens is 3. The Hall–Kier alpha value is -3.55. The molecular weight excluding hydrogens is 350 g/mol. The van der Waals surface area contributed by atoms with Gasteiger partial charge in [-0.15, -0.1) is 5.10 Å². The summed E-state index contributed by atoms with van der Waals surface area (Å²) in [6.07, 6.45) is 0. The SMILES string of the molecule is CCOc1ccc(C(=O)COC(=O)Cn2nnc3ccccc3c2=O)cc1. The van der Waals surface area contributed by atoms with E-state index < -0.39 is 24.7 Å². The summed E-state index contributed by atoms with van der Waals surface area (Å²) in [6.45, 7) is 1.54. The maximum Gasteiger partial charge on any atom is 0.328 e. The van der Waals surface area contributed by atoms with E-state index in [0.717, 1.165) is 4.68 Å². The number of hydrogen-bond acceptors (Lipinski definition) is 7. The summed E-state index contributed by atoms with van der Waals surface area (Å²) in [5.74, 6) is -0.454. The van der Waals surface area contributed by atoms with Gasteiger partial charge in [0, 0.05) is 5.56 Å². The smallest absolute Gasteiger partial charge is 0.328 e. The Morgan fingerprint density at radius 1 is 1.07 bits per heavy atom. The van der Waals surface area contributed by atoms with Gasteiger partial charge in [-0.3, -0.25) is 14.4 Å². The second-order valence-electron chi connectivity index (χ2n) is 5.61. The van der Waals surface area contributed by atoms with Gasteiger partial charge in [0.05, 0.1) is 12.0 Å². The number of ether oxygens (including phenoxy) is 2. The van der Waals surface area contributed by atoms with Gasteiger partial charge in [-0.1, -0.05) is 17.3 Å². The quantitative estimate of drug-likeness (QED) is 0.462. The van der Waals surface area contributed by atoms with E-state index in [1.54, 1.807) is 48.5 Å². The fourth-order valence-electron chi connectivity index (χ4n) is 2.43. The van der Waals surface area contributed by atoms with E-state index in [-0.39, 0.29) is 5.78 Å². The number of carbonyl (C=O) groups is 2. The van der Waals surface area contributed by atoms with Gasteiger partial charge in [0.25, 0.3) is 5.56 Å². The minimum absolute atomic E-state index is 0.353. The molecule has 3 aromatic rings. The molecule has 27 heavy (non-hydrogen) atoms. The van der Waals surface area contributed by atoms with Crippen molar-refractivity contribution < 1.29 is 19.1 Å². The van der Waals surface area contributed by atoms with Gasteiger partial charge in [-0.2, -0.15) is 4.68 Å². The van der Waals surface area contributed by atoms with Crippen molar-refractivity contribution in [2.75, 3.05) is 13.2 Å². The van der Waals surface area contributed by atoms with Crippen LogP contribution in [-0.4, -0.2) is 40.0 Å². The van der Waals surface area contributed by atoms with Gasteiger partial charge in [0.15, 0.2) is 12.4 Å². The molecule has 1 aromatic heterocycles. The summed E-state index contributed by atoms with van der Waals surface area (Å²) in [7, 11) is 0. The number of ketones is 1. The lowest BCUT2D eigenvalue weighted by Gasteiger charge is -2.07. The van der Waals surface area contributed by atoms with Crippen LogP contribution >= 0.6 is 0 Å². The van der Waals surface area contributed by atoms with E-state index in [1.165, 1.54) is 0 Å². The third kappa shape index (κ3) is 4.35. The zero-order valence-electron chi connectivity index (χ0n) is 14.6. The van der Waals surface area contributed by atoms with Gasteiger partial charge in [0.1, 0.15) is 17.8 Å². The maximum absolute atomic E-state index is 12.3. The van der Waals surface area contributed by atoms with Crippen molar-refractivity contribution in [3.8, 4) is 5.75 Å². The van der Waals surface area contributed by atoms with Crippen molar-refractivity contribution in [3.05, 3.63) is 64.4 Å². The van der Waals surface area contributed by atoms with Gasteiger partial charge < -0.3 is 9.47 Å². The molecule has 0 radical (unpaired) electrons. The molecule has 0 aliphatic carbocycles. The number of carbonyl (C=O) groups excluding carboxylic acids is 2. The van der Waals surface area contributed by atoms with E-state index in [9.17, 15) is 14.4 Å². The number of esters is 1. The molecule has 0 N–H and O–H groups in total. The third-order valence-corrected chi connectivity index (χ3v) is 3.76. The Labute approximate surface area is 154 Å². The molecule has 0 saturated carbocycles. The van der Waals surface area contributed by atoms with Crippen LogP contribution in [0.15, 0.2) is 53.3 Å². The molecule has 0 spiro atoms.